The SMILES string of the molecule is C#CCCCCNC(C)C(=O)OCC. The van der Waals surface area contributed by atoms with E-state index in [0.717, 1.165) is 25.8 Å². The van der Waals surface area contributed by atoms with E-state index in [9.17, 15) is 4.79 Å². The molecular weight excluding hydrogens is 178 g/mol. The molecular formula is C11H19NO2. The van der Waals surface area contributed by atoms with E-state index in [-0.39, 0.29) is 12.0 Å². The van der Waals surface area contributed by atoms with Gasteiger partial charge < -0.3 is 10.1 Å². The van der Waals surface area contributed by atoms with Crippen LogP contribution in [0.25, 0.3) is 0 Å². The van der Waals surface area contributed by atoms with Crippen LogP contribution < -0.4 is 5.32 Å². The first-order valence-corrected chi connectivity index (χ1v) is 5.05. The normalized spacial score (nSPS) is 11.8. The van der Waals surface area contributed by atoms with E-state index < -0.39 is 0 Å². The zero-order valence-corrected chi connectivity index (χ0v) is 9.01. The summed E-state index contributed by atoms with van der Waals surface area (Å²) < 4.78 is 4.85. The Morgan fingerprint density at radius 3 is 2.86 bits per heavy atom. The van der Waals surface area contributed by atoms with Gasteiger partial charge in [0.25, 0.3) is 0 Å². The van der Waals surface area contributed by atoms with Gasteiger partial charge in [0.2, 0.25) is 0 Å². The number of hydrogen-bond acceptors (Lipinski definition) is 3. The Morgan fingerprint density at radius 2 is 2.29 bits per heavy atom. The fraction of sp³-hybridized carbons (Fsp3) is 0.727. The maximum absolute atomic E-state index is 11.1. The molecule has 1 unspecified atom stereocenters. The highest BCUT2D eigenvalue weighted by molar-refractivity contribution is 5.75. The summed E-state index contributed by atoms with van der Waals surface area (Å²) in [5.41, 5.74) is 0. The van der Waals surface area contributed by atoms with Crippen molar-refractivity contribution in [3.8, 4) is 12.3 Å². The average molecular weight is 197 g/mol. The maximum Gasteiger partial charge on any atom is 0.322 e. The fourth-order valence-electron chi connectivity index (χ4n) is 1.02. The monoisotopic (exact) mass is 197 g/mol. The number of carbonyl (C=O) groups excluding carboxylic acids is 1. The molecule has 0 fully saturated rings. The lowest BCUT2D eigenvalue weighted by molar-refractivity contribution is -0.145. The van der Waals surface area contributed by atoms with Gasteiger partial charge in [-0.2, -0.15) is 0 Å². The lowest BCUT2D eigenvalue weighted by atomic mass is 10.2. The average Bonchev–Trinajstić information content (AvgIpc) is 2.17. The molecule has 0 aromatic carbocycles. The van der Waals surface area contributed by atoms with E-state index in [2.05, 4.69) is 11.2 Å². The van der Waals surface area contributed by atoms with Crippen LogP contribution in [0.15, 0.2) is 0 Å². The molecule has 0 bridgehead atoms. The highest BCUT2D eigenvalue weighted by atomic mass is 16.5. The van der Waals surface area contributed by atoms with Crippen LogP contribution in [0.1, 0.15) is 33.1 Å². The second-order valence-electron chi connectivity index (χ2n) is 3.09. The molecule has 0 rings (SSSR count). The smallest absolute Gasteiger partial charge is 0.322 e. The second kappa shape index (κ2) is 8.58. The lowest BCUT2D eigenvalue weighted by Crippen LogP contribution is -2.35. The molecule has 0 amide bonds. The number of unbranched alkanes of at least 4 members (excludes halogenated alkanes) is 2. The predicted octanol–water partition coefficient (Wildman–Crippen LogP) is 1.33. The zero-order valence-electron chi connectivity index (χ0n) is 9.01. The van der Waals surface area contributed by atoms with Gasteiger partial charge in [-0.15, -0.1) is 12.3 Å². The van der Waals surface area contributed by atoms with E-state index >= 15 is 0 Å². The second-order valence-corrected chi connectivity index (χ2v) is 3.09. The Bertz CT molecular complexity index is 196. The molecule has 0 aliphatic rings. The molecule has 0 aliphatic carbocycles. The van der Waals surface area contributed by atoms with E-state index in [4.69, 9.17) is 11.2 Å². The first-order chi connectivity index (χ1) is 6.72. The van der Waals surface area contributed by atoms with Crippen LogP contribution in [-0.2, 0) is 9.53 Å². The van der Waals surface area contributed by atoms with E-state index in [1.165, 1.54) is 0 Å². The first-order valence-electron chi connectivity index (χ1n) is 5.05. The number of esters is 1. The topological polar surface area (TPSA) is 38.3 Å². The standard InChI is InChI=1S/C11H19NO2/c1-4-6-7-8-9-12-10(3)11(13)14-5-2/h1,10,12H,5-9H2,2-3H3. The zero-order chi connectivity index (χ0) is 10.8. The quantitative estimate of drug-likeness (QED) is 0.380. The number of ether oxygens (including phenoxy) is 1. The molecule has 0 spiro atoms. The van der Waals surface area contributed by atoms with Crippen LogP contribution in [0.3, 0.4) is 0 Å². The van der Waals surface area contributed by atoms with Gasteiger partial charge in [-0.25, -0.2) is 0 Å². The predicted molar refractivity (Wildman–Crippen MR) is 56.8 cm³/mol. The molecule has 0 aliphatic heterocycles. The molecule has 0 saturated heterocycles. The molecule has 14 heavy (non-hydrogen) atoms. The van der Waals surface area contributed by atoms with Crippen molar-refractivity contribution >= 4 is 5.97 Å². The summed E-state index contributed by atoms with van der Waals surface area (Å²) in [6.45, 7) is 4.85. The summed E-state index contributed by atoms with van der Waals surface area (Å²) in [6.07, 6.45) is 7.91. The van der Waals surface area contributed by atoms with E-state index in [1.807, 2.05) is 0 Å². The van der Waals surface area contributed by atoms with Gasteiger partial charge >= 0.3 is 5.97 Å². The number of terminal acetylenes is 1. The van der Waals surface area contributed by atoms with Crippen molar-refractivity contribution in [1.82, 2.24) is 5.32 Å². The van der Waals surface area contributed by atoms with E-state index in [0.29, 0.717) is 6.61 Å². The minimum Gasteiger partial charge on any atom is -0.465 e. The van der Waals surface area contributed by atoms with Crippen molar-refractivity contribution in [2.75, 3.05) is 13.2 Å². The summed E-state index contributed by atoms with van der Waals surface area (Å²) in [6, 6.07) is -0.221. The summed E-state index contributed by atoms with van der Waals surface area (Å²) in [7, 11) is 0. The van der Waals surface area contributed by atoms with Crippen molar-refractivity contribution < 1.29 is 9.53 Å². The number of nitrogens with one attached hydrogen (secondary N) is 1. The summed E-state index contributed by atoms with van der Waals surface area (Å²) in [5.74, 6) is 2.39. The van der Waals surface area contributed by atoms with Gasteiger partial charge in [0.1, 0.15) is 6.04 Å². The van der Waals surface area contributed by atoms with Crippen LogP contribution >= 0.6 is 0 Å². The van der Waals surface area contributed by atoms with Gasteiger partial charge in [-0.05, 0) is 33.2 Å². The molecule has 0 heterocycles. The highest BCUT2D eigenvalue weighted by Gasteiger charge is 2.11. The largest absolute Gasteiger partial charge is 0.465 e. The Hall–Kier alpha value is -1.01. The molecule has 80 valence electrons. The van der Waals surface area contributed by atoms with Gasteiger partial charge in [0.15, 0.2) is 0 Å². The van der Waals surface area contributed by atoms with Crippen LogP contribution in [-0.4, -0.2) is 25.2 Å². The van der Waals surface area contributed by atoms with Crippen molar-refractivity contribution in [1.29, 1.82) is 0 Å². The Labute approximate surface area is 86.2 Å². The van der Waals surface area contributed by atoms with Crippen molar-refractivity contribution in [3.05, 3.63) is 0 Å². The minimum atomic E-state index is -0.221. The Morgan fingerprint density at radius 1 is 1.57 bits per heavy atom. The van der Waals surface area contributed by atoms with E-state index in [1.54, 1.807) is 13.8 Å². The third-order valence-corrected chi connectivity index (χ3v) is 1.84. The summed E-state index contributed by atoms with van der Waals surface area (Å²) >= 11 is 0. The summed E-state index contributed by atoms with van der Waals surface area (Å²) in [5, 5.41) is 3.08. The van der Waals surface area contributed by atoms with Crippen molar-refractivity contribution in [2.24, 2.45) is 0 Å². The molecule has 0 aromatic heterocycles. The summed E-state index contributed by atoms with van der Waals surface area (Å²) in [4.78, 5) is 11.1. The molecule has 0 radical (unpaired) electrons. The van der Waals surface area contributed by atoms with Crippen molar-refractivity contribution in [3.63, 3.8) is 0 Å². The molecule has 3 heteroatoms. The van der Waals surface area contributed by atoms with Gasteiger partial charge in [0.05, 0.1) is 6.61 Å². The lowest BCUT2D eigenvalue weighted by Gasteiger charge is -2.11. The van der Waals surface area contributed by atoms with Crippen LogP contribution in [0, 0.1) is 12.3 Å². The molecule has 1 atom stereocenters. The van der Waals surface area contributed by atoms with Crippen LogP contribution in [0.2, 0.25) is 0 Å². The van der Waals surface area contributed by atoms with Crippen LogP contribution in [0.4, 0.5) is 0 Å². The molecule has 0 saturated carbocycles. The fourth-order valence-corrected chi connectivity index (χ4v) is 1.02. The van der Waals surface area contributed by atoms with Gasteiger partial charge in [-0.3, -0.25) is 4.79 Å². The number of rotatable bonds is 7. The first kappa shape index (κ1) is 13.0. The van der Waals surface area contributed by atoms with Crippen molar-refractivity contribution in [2.45, 2.75) is 39.2 Å². The van der Waals surface area contributed by atoms with Crippen LogP contribution in [0.5, 0.6) is 0 Å². The molecule has 1 N–H and O–H groups in total. The molecule has 3 nitrogen and oxygen atoms in total. The maximum atomic E-state index is 11.1. The third kappa shape index (κ3) is 6.50. The number of hydrogen-bond donors (Lipinski definition) is 1. The Kier molecular flexibility index (Phi) is 7.96. The van der Waals surface area contributed by atoms with Gasteiger partial charge in [0, 0.05) is 6.42 Å². The molecule has 0 aromatic rings. The number of carbonyl (C=O) groups is 1. The third-order valence-electron chi connectivity index (χ3n) is 1.84. The van der Waals surface area contributed by atoms with Gasteiger partial charge in [-0.1, -0.05) is 0 Å². The Balaban J connectivity index is 3.39. The minimum absolute atomic E-state index is 0.190. The highest BCUT2D eigenvalue weighted by Crippen LogP contribution is 1.93.